The molecule has 0 unspecified atom stereocenters. The van der Waals surface area contributed by atoms with Gasteiger partial charge in [-0.3, -0.25) is 4.79 Å². The zero-order valence-electron chi connectivity index (χ0n) is 10.2. The molecule has 0 saturated carbocycles. The van der Waals surface area contributed by atoms with E-state index in [1.807, 2.05) is 0 Å². The number of thiophene rings is 1. The van der Waals surface area contributed by atoms with E-state index >= 15 is 0 Å². The van der Waals surface area contributed by atoms with Crippen LogP contribution >= 0.6 is 11.3 Å². The van der Waals surface area contributed by atoms with Crippen LogP contribution in [0.15, 0.2) is 24.3 Å². The number of fused-ring (bicyclic) bond motifs is 1. The third-order valence-corrected chi connectivity index (χ3v) is 4.43. The molecule has 2 nitrogen and oxygen atoms in total. The first-order valence-electron chi connectivity index (χ1n) is 5.47. The molecule has 1 aromatic heterocycles. The maximum atomic E-state index is 12.6. The van der Waals surface area contributed by atoms with E-state index < -0.39 is 23.1 Å². The van der Waals surface area contributed by atoms with Crippen molar-refractivity contribution < 1.29 is 23.1 Å². The standard InChI is InChI=1S/C13H11F3O2S/c1-12(2,11(17)18)10-6-7-5-8(13(14,15)16)3-4-9(7)19-10/h3-6H,1-2H3,(H,17,18). The average Bonchev–Trinajstić information content (AvgIpc) is 2.70. The molecule has 2 rings (SSSR count). The smallest absolute Gasteiger partial charge is 0.416 e. The number of carboxylic acid groups (broad SMARTS) is 1. The summed E-state index contributed by atoms with van der Waals surface area (Å²) in [5.41, 5.74) is -1.83. The molecule has 6 heteroatoms. The van der Waals surface area contributed by atoms with Crippen LogP contribution in [-0.4, -0.2) is 11.1 Å². The average molecular weight is 288 g/mol. The Morgan fingerprint density at radius 2 is 1.84 bits per heavy atom. The fraction of sp³-hybridized carbons (Fsp3) is 0.308. The molecule has 2 aromatic rings. The Hall–Kier alpha value is -1.56. The van der Waals surface area contributed by atoms with Gasteiger partial charge in [-0.05, 0) is 43.5 Å². The van der Waals surface area contributed by atoms with Crippen LogP contribution in [0, 0.1) is 0 Å². The van der Waals surface area contributed by atoms with Crippen LogP contribution in [0.25, 0.3) is 10.1 Å². The normalized spacial score (nSPS) is 12.9. The van der Waals surface area contributed by atoms with Crippen molar-refractivity contribution in [2.75, 3.05) is 0 Å². The minimum absolute atomic E-state index is 0.421. The molecule has 0 saturated heterocycles. The molecule has 0 bridgehead atoms. The molecule has 0 fully saturated rings. The van der Waals surface area contributed by atoms with Gasteiger partial charge in [-0.15, -0.1) is 11.3 Å². The van der Waals surface area contributed by atoms with Gasteiger partial charge in [0.1, 0.15) is 0 Å². The number of aliphatic carboxylic acids is 1. The Labute approximate surface area is 111 Å². The van der Waals surface area contributed by atoms with Crippen molar-refractivity contribution in [2.24, 2.45) is 0 Å². The molecule has 19 heavy (non-hydrogen) atoms. The minimum atomic E-state index is -4.39. The zero-order valence-corrected chi connectivity index (χ0v) is 11.0. The number of carbonyl (C=O) groups is 1. The van der Waals surface area contributed by atoms with Crippen molar-refractivity contribution in [3.05, 3.63) is 34.7 Å². The predicted molar refractivity (Wildman–Crippen MR) is 67.5 cm³/mol. The van der Waals surface area contributed by atoms with E-state index in [4.69, 9.17) is 5.11 Å². The van der Waals surface area contributed by atoms with Gasteiger partial charge in [-0.2, -0.15) is 13.2 Å². The SMILES string of the molecule is CC(C)(C(=O)O)c1cc2cc(C(F)(F)F)ccc2s1. The lowest BCUT2D eigenvalue weighted by Crippen LogP contribution is -2.27. The fourth-order valence-corrected chi connectivity index (χ4v) is 2.77. The highest BCUT2D eigenvalue weighted by Crippen LogP contribution is 2.38. The van der Waals surface area contributed by atoms with Crippen molar-refractivity contribution in [2.45, 2.75) is 25.4 Å². The number of hydrogen-bond acceptors (Lipinski definition) is 2. The molecule has 1 N–H and O–H groups in total. The maximum absolute atomic E-state index is 12.6. The first-order valence-corrected chi connectivity index (χ1v) is 6.28. The maximum Gasteiger partial charge on any atom is 0.416 e. The van der Waals surface area contributed by atoms with Crippen LogP contribution in [0.3, 0.4) is 0 Å². The Morgan fingerprint density at radius 3 is 2.37 bits per heavy atom. The summed E-state index contributed by atoms with van der Waals surface area (Å²) in [6, 6.07) is 4.96. The summed E-state index contributed by atoms with van der Waals surface area (Å²) in [6.45, 7) is 3.06. The largest absolute Gasteiger partial charge is 0.481 e. The third-order valence-electron chi connectivity index (χ3n) is 2.99. The highest BCUT2D eigenvalue weighted by atomic mass is 32.1. The van der Waals surface area contributed by atoms with Gasteiger partial charge in [-0.25, -0.2) is 0 Å². The first kappa shape index (κ1) is 13.9. The number of halogens is 3. The number of rotatable bonds is 2. The lowest BCUT2D eigenvalue weighted by atomic mass is 9.91. The fourth-order valence-electron chi connectivity index (χ4n) is 1.63. The topological polar surface area (TPSA) is 37.3 Å². The van der Waals surface area contributed by atoms with E-state index in [2.05, 4.69) is 0 Å². The monoisotopic (exact) mass is 288 g/mol. The van der Waals surface area contributed by atoms with Gasteiger partial charge in [0.25, 0.3) is 0 Å². The van der Waals surface area contributed by atoms with Crippen LogP contribution in [0.1, 0.15) is 24.3 Å². The summed E-state index contributed by atoms with van der Waals surface area (Å²) in [4.78, 5) is 11.7. The summed E-state index contributed by atoms with van der Waals surface area (Å²) in [7, 11) is 0. The Bertz CT molecular complexity index is 641. The second-order valence-electron chi connectivity index (χ2n) is 4.79. The van der Waals surface area contributed by atoms with Crippen molar-refractivity contribution in [1.29, 1.82) is 0 Å². The minimum Gasteiger partial charge on any atom is -0.481 e. The van der Waals surface area contributed by atoms with E-state index in [9.17, 15) is 18.0 Å². The van der Waals surface area contributed by atoms with E-state index in [0.29, 0.717) is 15.0 Å². The second-order valence-corrected chi connectivity index (χ2v) is 5.87. The molecule has 0 amide bonds. The van der Waals surface area contributed by atoms with Gasteiger partial charge < -0.3 is 5.11 Å². The number of hydrogen-bond donors (Lipinski definition) is 1. The molecule has 0 atom stereocenters. The molecule has 0 spiro atoms. The van der Waals surface area contributed by atoms with Crippen molar-refractivity contribution >= 4 is 27.4 Å². The van der Waals surface area contributed by atoms with E-state index in [0.717, 1.165) is 12.1 Å². The van der Waals surface area contributed by atoms with Gasteiger partial charge in [0.15, 0.2) is 0 Å². The van der Waals surface area contributed by atoms with Crippen LogP contribution in [0.5, 0.6) is 0 Å². The predicted octanol–water partition coefficient (Wildman–Crippen LogP) is 4.28. The molecule has 0 aliphatic rings. The second kappa shape index (κ2) is 4.23. The van der Waals surface area contributed by atoms with Crippen molar-refractivity contribution in [3.8, 4) is 0 Å². The van der Waals surface area contributed by atoms with E-state index in [1.165, 1.54) is 37.3 Å². The molecule has 0 aliphatic carbocycles. The number of carboxylic acids is 1. The van der Waals surface area contributed by atoms with Crippen LogP contribution < -0.4 is 0 Å². The van der Waals surface area contributed by atoms with Gasteiger partial charge >= 0.3 is 12.1 Å². The Morgan fingerprint density at radius 1 is 1.21 bits per heavy atom. The number of alkyl halides is 3. The van der Waals surface area contributed by atoms with E-state index in [-0.39, 0.29) is 0 Å². The van der Waals surface area contributed by atoms with Crippen molar-refractivity contribution in [1.82, 2.24) is 0 Å². The Kier molecular flexibility index (Phi) is 3.09. The van der Waals surface area contributed by atoms with Crippen LogP contribution in [0.4, 0.5) is 13.2 Å². The van der Waals surface area contributed by atoms with Gasteiger partial charge in [0.05, 0.1) is 11.0 Å². The third kappa shape index (κ3) is 2.45. The van der Waals surface area contributed by atoms with Gasteiger partial charge in [0.2, 0.25) is 0 Å². The summed E-state index contributed by atoms with van der Waals surface area (Å²) in [5, 5.41) is 9.55. The molecule has 1 heterocycles. The highest BCUT2D eigenvalue weighted by molar-refractivity contribution is 7.19. The van der Waals surface area contributed by atoms with Crippen LogP contribution in [-0.2, 0) is 16.4 Å². The first-order chi connectivity index (χ1) is 8.62. The molecule has 0 radical (unpaired) electrons. The molecular weight excluding hydrogens is 277 g/mol. The van der Waals surface area contributed by atoms with E-state index in [1.54, 1.807) is 0 Å². The summed E-state index contributed by atoms with van der Waals surface area (Å²) >= 11 is 1.20. The zero-order chi connectivity index (χ0) is 14.4. The van der Waals surface area contributed by atoms with Crippen LogP contribution in [0.2, 0.25) is 0 Å². The quantitative estimate of drug-likeness (QED) is 0.895. The Balaban J connectivity index is 2.56. The lowest BCUT2D eigenvalue weighted by Gasteiger charge is -2.16. The summed E-state index contributed by atoms with van der Waals surface area (Å²) in [5.74, 6) is -1.00. The highest BCUT2D eigenvalue weighted by Gasteiger charge is 2.33. The number of benzene rings is 1. The summed E-state index contributed by atoms with van der Waals surface area (Å²) in [6.07, 6.45) is -4.39. The molecule has 1 aromatic carbocycles. The van der Waals surface area contributed by atoms with Gasteiger partial charge in [-0.1, -0.05) is 0 Å². The molecule has 0 aliphatic heterocycles. The lowest BCUT2D eigenvalue weighted by molar-refractivity contribution is -0.142. The van der Waals surface area contributed by atoms with Crippen molar-refractivity contribution in [3.63, 3.8) is 0 Å². The van der Waals surface area contributed by atoms with Gasteiger partial charge in [0, 0.05) is 9.58 Å². The summed E-state index contributed by atoms with van der Waals surface area (Å²) < 4.78 is 38.4. The molecule has 102 valence electrons. The molecular formula is C13H11F3O2S.